The topological polar surface area (TPSA) is 96.0 Å². The summed E-state index contributed by atoms with van der Waals surface area (Å²) in [6, 6.07) is 5.36. The predicted molar refractivity (Wildman–Crippen MR) is 82.7 cm³/mol. The van der Waals surface area contributed by atoms with Crippen LogP contribution in [-0.2, 0) is 18.9 Å². The lowest BCUT2D eigenvalue weighted by molar-refractivity contribution is -0.126. The molecule has 1 amide bonds. The van der Waals surface area contributed by atoms with Crippen LogP contribution in [0, 0.1) is 5.41 Å². The second kappa shape index (κ2) is 5.04. The van der Waals surface area contributed by atoms with E-state index >= 15 is 0 Å². The molecular formula is C15H22N4O2. The molecule has 0 spiro atoms. The van der Waals surface area contributed by atoms with Crippen LogP contribution in [-0.4, -0.2) is 15.0 Å². The molecule has 2 rings (SSSR count). The molecule has 1 heterocycles. The first-order valence-electron chi connectivity index (χ1n) is 6.86. The molecule has 6 nitrogen and oxygen atoms in total. The van der Waals surface area contributed by atoms with Crippen molar-refractivity contribution in [3.05, 3.63) is 34.2 Å². The van der Waals surface area contributed by atoms with E-state index in [4.69, 9.17) is 11.5 Å². The Morgan fingerprint density at radius 1 is 1.24 bits per heavy atom. The molecule has 0 aliphatic heterocycles. The fourth-order valence-electron chi connectivity index (χ4n) is 2.52. The smallest absolute Gasteiger partial charge is 0.328 e. The molecule has 1 aromatic carbocycles. The van der Waals surface area contributed by atoms with Crippen molar-refractivity contribution >= 4 is 16.9 Å². The van der Waals surface area contributed by atoms with Crippen molar-refractivity contribution in [1.29, 1.82) is 0 Å². The Morgan fingerprint density at radius 2 is 1.81 bits per heavy atom. The molecule has 0 saturated carbocycles. The minimum absolute atomic E-state index is 0.0758. The molecule has 1 unspecified atom stereocenters. The minimum atomic E-state index is -0.670. The van der Waals surface area contributed by atoms with E-state index in [0.29, 0.717) is 6.42 Å². The first-order chi connectivity index (χ1) is 9.65. The van der Waals surface area contributed by atoms with E-state index in [9.17, 15) is 9.59 Å². The lowest BCUT2D eigenvalue weighted by Gasteiger charge is -2.24. The quantitative estimate of drug-likeness (QED) is 0.870. The Labute approximate surface area is 123 Å². The lowest BCUT2D eigenvalue weighted by atomic mass is 9.83. The molecule has 1 atom stereocenters. The van der Waals surface area contributed by atoms with Crippen LogP contribution in [0.2, 0.25) is 0 Å². The van der Waals surface area contributed by atoms with E-state index in [1.807, 2.05) is 18.2 Å². The number of carbonyl (C=O) groups excluding carboxylic acids is 1. The zero-order valence-corrected chi connectivity index (χ0v) is 12.9. The number of rotatable bonds is 4. The van der Waals surface area contributed by atoms with Crippen molar-refractivity contribution in [1.82, 2.24) is 9.13 Å². The molecular weight excluding hydrogens is 268 g/mol. The average molecular weight is 290 g/mol. The Bertz CT molecular complexity index is 755. The summed E-state index contributed by atoms with van der Waals surface area (Å²) >= 11 is 0. The summed E-state index contributed by atoms with van der Waals surface area (Å²) in [5.74, 6) is -0.369. The van der Waals surface area contributed by atoms with Crippen LogP contribution in [0.25, 0.3) is 11.0 Å². The van der Waals surface area contributed by atoms with E-state index in [0.717, 1.165) is 16.6 Å². The third-order valence-electron chi connectivity index (χ3n) is 4.12. The number of hydrogen-bond acceptors (Lipinski definition) is 3. The minimum Gasteiger partial charge on any atom is -0.369 e. The molecule has 4 N–H and O–H groups in total. The first kappa shape index (κ1) is 15.3. The van der Waals surface area contributed by atoms with Crippen LogP contribution < -0.4 is 17.2 Å². The van der Waals surface area contributed by atoms with Gasteiger partial charge in [0.1, 0.15) is 0 Å². The number of primary amides is 1. The van der Waals surface area contributed by atoms with Crippen molar-refractivity contribution in [2.75, 3.05) is 0 Å². The third kappa shape index (κ3) is 2.58. The van der Waals surface area contributed by atoms with Crippen molar-refractivity contribution in [3.8, 4) is 0 Å². The molecule has 0 fully saturated rings. The molecule has 6 heteroatoms. The molecule has 0 saturated heterocycles. The van der Waals surface area contributed by atoms with Crippen LogP contribution in [0.15, 0.2) is 23.0 Å². The molecule has 0 radical (unpaired) electrons. The van der Waals surface area contributed by atoms with Gasteiger partial charge in [0, 0.05) is 25.6 Å². The molecule has 1 aromatic heterocycles. The second-order valence-electron chi connectivity index (χ2n) is 6.21. The van der Waals surface area contributed by atoms with Gasteiger partial charge in [0.25, 0.3) is 0 Å². The van der Waals surface area contributed by atoms with Crippen LogP contribution >= 0.6 is 0 Å². The summed E-state index contributed by atoms with van der Waals surface area (Å²) in [5.41, 5.74) is 13.4. The van der Waals surface area contributed by atoms with Crippen LogP contribution in [0.1, 0.15) is 31.9 Å². The lowest BCUT2D eigenvalue weighted by Crippen LogP contribution is -2.34. The maximum absolute atomic E-state index is 11.9. The van der Waals surface area contributed by atoms with Gasteiger partial charge >= 0.3 is 5.69 Å². The van der Waals surface area contributed by atoms with Gasteiger partial charge in [0.2, 0.25) is 5.91 Å². The van der Waals surface area contributed by atoms with E-state index in [1.54, 1.807) is 37.1 Å². The van der Waals surface area contributed by atoms with Gasteiger partial charge in [-0.1, -0.05) is 19.9 Å². The maximum atomic E-state index is 11.9. The van der Waals surface area contributed by atoms with Crippen molar-refractivity contribution in [2.24, 2.45) is 31.0 Å². The van der Waals surface area contributed by atoms with Crippen LogP contribution in [0.3, 0.4) is 0 Å². The fourth-order valence-corrected chi connectivity index (χ4v) is 2.52. The Kier molecular flexibility index (Phi) is 3.67. The van der Waals surface area contributed by atoms with E-state index < -0.39 is 5.41 Å². The molecule has 114 valence electrons. The number of hydrogen-bond donors (Lipinski definition) is 2. The fraction of sp³-hybridized carbons (Fsp3) is 0.467. The van der Waals surface area contributed by atoms with E-state index in [2.05, 4.69) is 0 Å². The number of aryl methyl sites for hydroxylation is 2. The van der Waals surface area contributed by atoms with E-state index in [1.165, 1.54) is 0 Å². The summed E-state index contributed by atoms with van der Waals surface area (Å²) in [6.45, 7) is 3.57. The largest absolute Gasteiger partial charge is 0.369 e. The molecule has 0 bridgehead atoms. The molecule has 0 aliphatic carbocycles. The van der Waals surface area contributed by atoms with Gasteiger partial charge in [-0.3, -0.25) is 13.9 Å². The van der Waals surface area contributed by atoms with Gasteiger partial charge in [-0.25, -0.2) is 4.79 Å². The number of nitrogens with zero attached hydrogens (tertiary/aromatic N) is 2. The summed E-state index contributed by atoms with van der Waals surface area (Å²) < 4.78 is 3.18. The molecule has 21 heavy (non-hydrogen) atoms. The molecule has 2 aromatic rings. The summed E-state index contributed by atoms with van der Waals surface area (Å²) in [6.07, 6.45) is 0.453. The van der Waals surface area contributed by atoms with Crippen LogP contribution in [0.4, 0.5) is 0 Å². The normalized spacial score (nSPS) is 13.6. The predicted octanol–water partition coefficient (Wildman–Crippen LogP) is 0.778. The maximum Gasteiger partial charge on any atom is 0.328 e. The summed E-state index contributed by atoms with van der Waals surface area (Å²) in [7, 11) is 3.47. The van der Waals surface area contributed by atoms with Crippen molar-refractivity contribution in [3.63, 3.8) is 0 Å². The number of aromatic nitrogens is 2. The summed E-state index contributed by atoms with van der Waals surface area (Å²) in [5, 5.41) is 0. The SMILES string of the molecule is Cn1c(=O)n(C)c2cc(C(N)CC(C)(C)C(N)=O)ccc21. The Hall–Kier alpha value is -2.08. The van der Waals surface area contributed by atoms with Crippen molar-refractivity contribution in [2.45, 2.75) is 26.3 Å². The number of benzene rings is 1. The summed E-state index contributed by atoms with van der Waals surface area (Å²) in [4.78, 5) is 23.3. The highest BCUT2D eigenvalue weighted by Gasteiger charge is 2.28. The number of fused-ring (bicyclic) bond motifs is 1. The van der Waals surface area contributed by atoms with Crippen molar-refractivity contribution < 1.29 is 4.79 Å². The highest BCUT2D eigenvalue weighted by Crippen LogP contribution is 2.29. The van der Waals surface area contributed by atoms with Gasteiger partial charge < -0.3 is 11.5 Å². The zero-order chi connectivity index (χ0) is 15.9. The van der Waals surface area contributed by atoms with Gasteiger partial charge in [-0.05, 0) is 24.1 Å². The highest BCUT2D eigenvalue weighted by atomic mass is 16.2. The highest BCUT2D eigenvalue weighted by molar-refractivity contribution is 5.80. The standard InChI is InChI=1S/C15H22N4O2/c1-15(2,13(17)20)8-10(16)9-5-6-11-12(7-9)19(4)14(21)18(11)3/h5-7,10H,8,16H2,1-4H3,(H2,17,20). The number of carbonyl (C=O) groups is 1. The number of nitrogens with two attached hydrogens (primary N) is 2. The average Bonchev–Trinajstić information content (AvgIpc) is 2.63. The van der Waals surface area contributed by atoms with Crippen LogP contribution in [0.5, 0.6) is 0 Å². The Balaban J connectivity index is 2.42. The zero-order valence-electron chi connectivity index (χ0n) is 12.9. The monoisotopic (exact) mass is 290 g/mol. The first-order valence-corrected chi connectivity index (χ1v) is 6.86. The third-order valence-corrected chi connectivity index (χ3v) is 4.12. The van der Waals surface area contributed by atoms with Gasteiger partial charge in [-0.15, -0.1) is 0 Å². The number of amides is 1. The van der Waals surface area contributed by atoms with E-state index in [-0.39, 0.29) is 17.6 Å². The van der Waals surface area contributed by atoms with Gasteiger partial charge in [0.05, 0.1) is 11.0 Å². The van der Waals surface area contributed by atoms with Gasteiger partial charge in [-0.2, -0.15) is 0 Å². The molecule has 0 aliphatic rings. The Morgan fingerprint density at radius 3 is 2.38 bits per heavy atom. The number of imidazole rings is 1. The second-order valence-corrected chi connectivity index (χ2v) is 6.21. The van der Waals surface area contributed by atoms with Gasteiger partial charge in [0.15, 0.2) is 0 Å².